The summed E-state index contributed by atoms with van der Waals surface area (Å²) in [4.78, 5) is 0. The van der Waals surface area contributed by atoms with Crippen molar-refractivity contribution in [2.75, 3.05) is 7.11 Å². The minimum absolute atomic E-state index is 0. The molecule has 0 spiro atoms. The van der Waals surface area contributed by atoms with E-state index in [0.29, 0.717) is 0 Å². The zero-order chi connectivity index (χ0) is 14.0. The second-order valence-corrected chi connectivity index (χ2v) is 3.34. The molecule has 0 saturated heterocycles. The number of nitrogens with zero attached hydrogens (tertiary/aromatic N) is 2. The van der Waals surface area contributed by atoms with Crippen molar-refractivity contribution in [2.24, 2.45) is 15.9 Å². The first kappa shape index (κ1) is 27.6. The van der Waals surface area contributed by atoms with Crippen molar-refractivity contribution in [1.82, 2.24) is 0 Å². The van der Waals surface area contributed by atoms with Crippen molar-refractivity contribution < 1.29 is 63.7 Å². The predicted molar refractivity (Wildman–Crippen MR) is 63.9 cm³/mol. The van der Waals surface area contributed by atoms with Crippen LogP contribution in [0.1, 0.15) is 5.56 Å². The summed E-state index contributed by atoms with van der Waals surface area (Å²) in [7, 11) is 1.39. The molecule has 0 aliphatic heterocycles. The fraction of sp³-hybridized carbons (Fsp3) is 0.111. The Balaban J connectivity index is -0.000000222. The van der Waals surface area contributed by atoms with Gasteiger partial charge < -0.3 is 37.1 Å². The topological polar surface area (TPSA) is 235 Å². The molecule has 12 heteroatoms. The minimum atomic E-state index is -2.51. The molecule has 0 heterocycles. The molecule has 0 fully saturated rings. The molecular weight excluding hydrogens is 516 g/mol. The Kier molecular flexibility index (Phi) is 21.5. The number of amidine groups is 1. The van der Waals surface area contributed by atoms with E-state index in [-0.39, 0.29) is 33.5 Å². The van der Waals surface area contributed by atoms with Crippen molar-refractivity contribution in [1.29, 1.82) is 0 Å². The van der Waals surface area contributed by atoms with Crippen LogP contribution in [0.4, 0.5) is 0 Å². The van der Waals surface area contributed by atoms with Crippen LogP contribution in [-0.2, 0) is 4.47 Å². The van der Waals surface area contributed by atoms with Crippen molar-refractivity contribution in [3.63, 3.8) is 0 Å². The Hall–Kier alpha value is -1.71. The summed E-state index contributed by atoms with van der Waals surface area (Å²) in [5.74, 6) is -0.110. The summed E-state index contributed by atoms with van der Waals surface area (Å²) in [6, 6.07) is 3.78. The molecule has 21 heavy (non-hydrogen) atoms. The van der Waals surface area contributed by atoms with Gasteiger partial charge in [0, 0.05) is 0 Å². The first-order chi connectivity index (χ1) is 8.56. The molecule has 0 aliphatic rings. The van der Waals surface area contributed by atoms with Crippen molar-refractivity contribution in [2.45, 2.75) is 0 Å². The molecule has 0 radical (unpaired) electrons. The van der Waals surface area contributed by atoms with Crippen LogP contribution in [0.2, 0.25) is 0 Å². The van der Waals surface area contributed by atoms with Gasteiger partial charge in [-0.05, 0) is 11.6 Å². The van der Waals surface area contributed by atoms with Crippen LogP contribution in [0, 0.1) is 27.8 Å². The second kappa shape index (κ2) is 16.3. The Morgan fingerprint density at radius 2 is 1.86 bits per heavy atom. The van der Waals surface area contributed by atoms with Gasteiger partial charge in [0.05, 0.1) is 19.3 Å². The molecule has 0 saturated carbocycles. The summed E-state index contributed by atoms with van der Waals surface area (Å²) >= 11 is -2.51. The standard InChI is InChI=1S/C9H11N3O3.3H2O.2O.U/c1-15-7-4-2-3-6(8(7)13)5-11-12-9(10)14;;;;;;/h2-5,13H,1H3,(H3,10,12,14);3*1H2;;;/q;;;;;;+2/p-2/b11-5+;;;;;;. The number of para-hydroxylation sites is 1. The van der Waals surface area contributed by atoms with Gasteiger partial charge in [-0.2, -0.15) is 5.10 Å². The molecule has 1 rings (SSSR count). The summed E-state index contributed by atoms with van der Waals surface area (Å²) in [5.41, 5.74) is 5.01. The molecule has 0 aliphatic carbocycles. The number of hydrogen-bond acceptors (Lipinski definition) is 7. The third kappa shape index (κ3) is 11.8. The van der Waals surface area contributed by atoms with Gasteiger partial charge in [0.1, 0.15) is 5.75 Å². The van der Waals surface area contributed by atoms with Crippen molar-refractivity contribution in [3.05, 3.63) is 23.8 Å². The Bertz CT molecular complexity index is 484. The summed E-state index contributed by atoms with van der Waals surface area (Å²) in [5, 5.41) is 28.1. The van der Waals surface area contributed by atoms with Gasteiger partial charge in [0.2, 0.25) is 0 Å². The summed E-state index contributed by atoms with van der Waals surface area (Å²) in [6.07, 6.45) is 1.15. The van der Waals surface area contributed by atoms with E-state index in [9.17, 15) is 10.2 Å². The van der Waals surface area contributed by atoms with Gasteiger partial charge in [-0.1, -0.05) is 17.9 Å². The van der Waals surface area contributed by atoms with Crippen molar-refractivity contribution in [3.8, 4) is 11.5 Å². The fourth-order valence-corrected chi connectivity index (χ4v) is 0.943. The normalized spacial score (nSPS) is 8.90. The van der Waals surface area contributed by atoms with E-state index in [4.69, 9.17) is 14.9 Å². The maximum atomic E-state index is 11.5. The third-order valence-electron chi connectivity index (χ3n) is 1.58. The van der Waals surface area contributed by atoms with E-state index in [2.05, 4.69) is 10.2 Å². The van der Waals surface area contributed by atoms with Gasteiger partial charge in [-0.15, -0.1) is 5.10 Å². The number of hydrogen-bond donors (Lipinski definition) is 1. The van der Waals surface area contributed by atoms with Crippen LogP contribution in [-0.4, -0.2) is 35.8 Å². The third-order valence-corrected chi connectivity index (χ3v) is 1.58. The van der Waals surface area contributed by atoms with Crippen LogP contribution in [0.5, 0.6) is 11.5 Å². The summed E-state index contributed by atoms with van der Waals surface area (Å²) < 4.78 is 22.0. The monoisotopic (exact) mass is 531 g/mol. The average molecular weight is 531 g/mol. The van der Waals surface area contributed by atoms with E-state index < -0.39 is 33.8 Å². The SMILES string of the molecule is COc1cccc(/C=N/N=C(/N)[O-])c1[O-].O.O.O.[O]=[U+2]=[O]. The van der Waals surface area contributed by atoms with E-state index in [0.717, 1.165) is 6.21 Å². The number of methoxy groups -OCH3 is 1. The molecule has 11 nitrogen and oxygen atoms in total. The maximum absolute atomic E-state index is 11.5. The van der Waals surface area contributed by atoms with Gasteiger partial charge in [-0.25, -0.2) is 0 Å². The van der Waals surface area contributed by atoms with Crippen LogP contribution in [0.15, 0.2) is 28.4 Å². The average Bonchev–Trinajstić information content (AvgIpc) is 2.32. The Labute approximate surface area is 134 Å². The Morgan fingerprint density at radius 1 is 1.33 bits per heavy atom. The van der Waals surface area contributed by atoms with Crippen LogP contribution >= 0.6 is 0 Å². The molecule has 0 bridgehead atoms. The zero-order valence-electron chi connectivity index (χ0n) is 10.8. The summed E-state index contributed by atoms with van der Waals surface area (Å²) in [6.45, 7) is 0. The molecular formula is C9H15N3O8U. The van der Waals surface area contributed by atoms with Gasteiger partial charge >= 0.3 is 32.3 Å². The van der Waals surface area contributed by atoms with E-state index >= 15 is 0 Å². The molecule has 0 amide bonds. The molecule has 118 valence electrons. The van der Waals surface area contributed by atoms with Crippen molar-refractivity contribution >= 4 is 12.2 Å². The van der Waals surface area contributed by atoms with Gasteiger partial charge in [-0.3, -0.25) is 0 Å². The number of ether oxygens (including phenoxy) is 1. The molecule has 1 aromatic rings. The van der Waals surface area contributed by atoms with E-state index in [1.54, 1.807) is 6.07 Å². The van der Waals surface area contributed by atoms with Gasteiger partial charge in [0.15, 0.2) is 0 Å². The molecule has 8 N–H and O–H groups in total. The van der Waals surface area contributed by atoms with Crippen LogP contribution in [0.25, 0.3) is 0 Å². The van der Waals surface area contributed by atoms with E-state index in [1.807, 2.05) is 0 Å². The number of nitrogens with two attached hydrogens (primary N) is 1. The number of rotatable bonds is 3. The first-order valence-electron chi connectivity index (χ1n) is 4.43. The first-order valence-corrected chi connectivity index (χ1v) is 7.83. The zero-order valence-corrected chi connectivity index (χ0v) is 15.0. The predicted octanol–water partition coefficient (Wildman–Crippen LogP) is -3.93. The van der Waals surface area contributed by atoms with Gasteiger partial charge in [0.25, 0.3) is 0 Å². The van der Waals surface area contributed by atoms with Crippen LogP contribution < -0.4 is 20.7 Å². The second-order valence-electron chi connectivity index (χ2n) is 2.64. The quantitative estimate of drug-likeness (QED) is 0.232. The fourth-order valence-electron chi connectivity index (χ4n) is 0.943. The molecule has 1 aromatic carbocycles. The molecule has 0 atom stereocenters. The molecule has 0 unspecified atom stereocenters. The Morgan fingerprint density at radius 3 is 2.29 bits per heavy atom. The van der Waals surface area contributed by atoms with E-state index in [1.165, 1.54) is 19.2 Å². The number of benzene rings is 1. The van der Waals surface area contributed by atoms with Crippen LogP contribution in [0.3, 0.4) is 0 Å². The molecule has 0 aromatic heterocycles.